The summed E-state index contributed by atoms with van der Waals surface area (Å²) in [6.07, 6.45) is 0.353. The lowest BCUT2D eigenvalue weighted by atomic mass is 10.1. The summed E-state index contributed by atoms with van der Waals surface area (Å²) in [6, 6.07) is -0.455. The molecule has 1 atom stereocenters. The Morgan fingerprint density at radius 2 is 1.88 bits per heavy atom. The topological polar surface area (TPSA) is 98.7 Å². The van der Waals surface area contributed by atoms with E-state index >= 15 is 0 Å². The molecule has 1 unspecified atom stereocenters. The third-order valence-electron chi connectivity index (χ3n) is 1.98. The van der Waals surface area contributed by atoms with Crippen LogP contribution in [0, 0.1) is 5.92 Å². The van der Waals surface area contributed by atoms with Crippen LogP contribution in [0.25, 0.3) is 0 Å². The van der Waals surface area contributed by atoms with E-state index in [4.69, 9.17) is 10.2 Å². The van der Waals surface area contributed by atoms with Crippen molar-refractivity contribution in [2.75, 3.05) is 13.1 Å². The Morgan fingerprint density at radius 1 is 1.25 bits per heavy atom. The number of rotatable bonds is 7. The molecule has 6 heteroatoms. The van der Waals surface area contributed by atoms with Crippen LogP contribution in [-0.4, -0.2) is 41.4 Å². The Morgan fingerprint density at radius 3 is 2.38 bits per heavy atom. The number of aliphatic hydroxyl groups excluding tert-OH is 1. The molecule has 0 aromatic heterocycles. The minimum absolute atomic E-state index is 0.286. The van der Waals surface area contributed by atoms with Gasteiger partial charge in [0.25, 0.3) is 0 Å². The van der Waals surface area contributed by atoms with E-state index in [0.717, 1.165) is 12.8 Å². The van der Waals surface area contributed by atoms with Crippen molar-refractivity contribution in [2.24, 2.45) is 5.92 Å². The largest absolute Gasteiger partial charge is 0.479 e. The fourth-order valence-corrected chi connectivity index (χ4v) is 1.05. The highest BCUT2D eigenvalue weighted by Gasteiger charge is 2.13. The van der Waals surface area contributed by atoms with Gasteiger partial charge in [-0.15, -0.1) is 0 Å². The maximum atomic E-state index is 11.1. The Balaban J connectivity index is 3.48. The second-order valence-electron chi connectivity index (χ2n) is 4.03. The molecule has 0 radical (unpaired) electrons. The number of carbonyl (C=O) groups excluding carboxylic acids is 1. The fourth-order valence-electron chi connectivity index (χ4n) is 1.05. The molecule has 0 saturated carbocycles. The molecule has 0 heterocycles. The normalized spacial score (nSPS) is 12.2. The van der Waals surface area contributed by atoms with Gasteiger partial charge in [-0.3, -0.25) is 0 Å². The molecule has 0 rings (SSSR count). The second-order valence-corrected chi connectivity index (χ2v) is 4.03. The van der Waals surface area contributed by atoms with Crippen LogP contribution in [0.15, 0.2) is 0 Å². The smallest absolute Gasteiger partial charge is 0.334 e. The minimum Gasteiger partial charge on any atom is -0.479 e. The Labute approximate surface area is 95.0 Å². The van der Waals surface area contributed by atoms with E-state index in [2.05, 4.69) is 24.5 Å². The van der Waals surface area contributed by atoms with Gasteiger partial charge in [0, 0.05) is 6.54 Å². The molecule has 2 amide bonds. The molecule has 0 aliphatic heterocycles. The summed E-state index contributed by atoms with van der Waals surface area (Å²) in [5, 5.41) is 22.1. The average molecular weight is 232 g/mol. The zero-order valence-corrected chi connectivity index (χ0v) is 9.69. The predicted molar refractivity (Wildman–Crippen MR) is 59.1 cm³/mol. The minimum atomic E-state index is -1.55. The van der Waals surface area contributed by atoms with Crippen molar-refractivity contribution < 1.29 is 19.8 Å². The molecular formula is C10H20N2O4. The molecule has 16 heavy (non-hydrogen) atoms. The van der Waals surface area contributed by atoms with E-state index in [9.17, 15) is 9.59 Å². The molecule has 6 nitrogen and oxygen atoms in total. The Kier molecular flexibility index (Phi) is 7.28. The van der Waals surface area contributed by atoms with Crippen molar-refractivity contribution in [1.82, 2.24) is 10.6 Å². The summed E-state index contributed by atoms with van der Waals surface area (Å²) in [6.45, 7) is 4.46. The lowest BCUT2D eigenvalue weighted by Gasteiger charge is -2.09. The van der Waals surface area contributed by atoms with Gasteiger partial charge in [0.15, 0.2) is 6.10 Å². The molecule has 0 aromatic carbocycles. The predicted octanol–water partition coefficient (Wildman–Crippen LogP) is 0.167. The number of carbonyl (C=O) groups is 2. The van der Waals surface area contributed by atoms with Crippen LogP contribution in [0.3, 0.4) is 0 Å². The van der Waals surface area contributed by atoms with Crippen molar-refractivity contribution in [3.63, 3.8) is 0 Å². The quantitative estimate of drug-likeness (QED) is 0.470. The first-order chi connectivity index (χ1) is 7.43. The van der Waals surface area contributed by atoms with Gasteiger partial charge < -0.3 is 20.8 Å². The molecule has 0 spiro atoms. The first-order valence-electron chi connectivity index (χ1n) is 5.36. The maximum absolute atomic E-state index is 11.1. The van der Waals surface area contributed by atoms with Crippen LogP contribution < -0.4 is 10.6 Å². The highest BCUT2D eigenvalue weighted by Crippen LogP contribution is 2.01. The van der Waals surface area contributed by atoms with Crippen LogP contribution in [0.4, 0.5) is 4.79 Å². The second kappa shape index (κ2) is 7.92. The summed E-state index contributed by atoms with van der Waals surface area (Å²) in [5.74, 6) is -0.751. The van der Waals surface area contributed by atoms with Crippen LogP contribution in [0.1, 0.15) is 26.7 Å². The van der Waals surface area contributed by atoms with Crippen LogP contribution in [-0.2, 0) is 4.79 Å². The van der Waals surface area contributed by atoms with E-state index < -0.39 is 18.1 Å². The van der Waals surface area contributed by atoms with Gasteiger partial charge in [0.1, 0.15) is 0 Å². The summed E-state index contributed by atoms with van der Waals surface area (Å²) in [5.41, 5.74) is 0. The van der Waals surface area contributed by atoms with Gasteiger partial charge in [-0.2, -0.15) is 0 Å². The zero-order chi connectivity index (χ0) is 12.6. The van der Waals surface area contributed by atoms with Gasteiger partial charge >= 0.3 is 12.0 Å². The molecule has 0 aliphatic carbocycles. The van der Waals surface area contributed by atoms with Crippen LogP contribution >= 0.6 is 0 Å². The summed E-state index contributed by atoms with van der Waals surface area (Å²) < 4.78 is 0. The highest BCUT2D eigenvalue weighted by atomic mass is 16.4. The SMILES string of the molecule is CC(C)CCCNC(=O)NCC(O)C(=O)O. The zero-order valence-electron chi connectivity index (χ0n) is 9.69. The third-order valence-corrected chi connectivity index (χ3v) is 1.98. The number of hydrogen-bond donors (Lipinski definition) is 4. The number of carboxylic acid groups (broad SMARTS) is 1. The van der Waals surface area contributed by atoms with Gasteiger partial charge in [-0.25, -0.2) is 9.59 Å². The summed E-state index contributed by atoms with van der Waals surface area (Å²) >= 11 is 0. The molecule has 0 bridgehead atoms. The first kappa shape index (κ1) is 14.7. The standard InChI is InChI=1S/C10H20N2O4/c1-7(2)4-3-5-11-10(16)12-6-8(13)9(14)15/h7-8,13H,3-6H2,1-2H3,(H,14,15)(H2,11,12,16). The number of urea groups is 1. The number of hydrogen-bond acceptors (Lipinski definition) is 3. The molecule has 4 N–H and O–H groups in total. The number of carboxylic acids is 1. The first-order valence-corrected chi connectivity index (χ1v) is 5.36. The monoisotopic (exact) mass is 232 g/mol. The lowest BCUT2D eigenvalue weighted by Crippen LogP contribution is -2.42. The number of aliphatic hydroxyl groups is 1. The molecule has 0 saturated heterocycles. The maximum Gasteiger partial charge on any atom is 0.334 e. The van der Waals surface area contributed by atoms with Crippen molar-refractivity contribution >= 4 is 12.0 Å². The van der Waals surface area contributed by atoms with Crippen molar-refractivity contribution in [3.05, 3.63) is 0 Å². The van der Waals surface area contributed by atoms with Crippen LogP contribution in [0.2, 0.25) is 0 Å². The van der Waals surface area contributed by atoms with Gasteiger partial charge in [-0.05, 0) is 18.8 Å². The third kappa shape index (κ3) is 8.05. The fraction of sp³-hybridized carbons (Fsp3) is 0.800. The van der Waals surface area contributed by atoms with E-state index in [1.54, 1.807) is 0 Å². The van der Waals surface area contributed by atoms with E-state index in [0.29, 0.717) is 12.5 Å². The molecule has 0 aromatic rings. The van der Waals surface area contributed by atoms with Gasteiger partial charge in [-0.1, -0.05) is 13.8 Å². The molecular weight excluding hydrogens is 212 g/mol. The summed E-state index contributed by atoms with van der Waals surface area (Å²) in [7, 11) is 0. The molecule has 0 fully saturated rings. The molecule has 94 valence electrons. The Bertz CT molecular complexity index is 231. The van der Waals surface area contributed by atoms with Gasteiger partial charge in [0.05, 0.1) is 6.54 Å². The van der Waals surface area contributed by atoms with E-state index in [-0.39, 0.29) is 6.54 Å². The number of aliphatic carboxylic acids is 1. The van der Waals surface area contributed by atoms with E-state index in [1.807, 2.05) is 0 Å². The average Bonchev–Trinajstić information content (AvgIpc) is 2.20. The van der Waals surface area contributed by atoms with E-state index in [1.165, 1.54) is 0 Å². The van der Waals surface area contributed by atoms with Gasteiger partial charge in [0.2, 0.25) is 0 Å². The van der Waals surface area contributed by atoms with Crippen LogP contribution in [0.5, 0.6) is 0 Å². The van der Waals surface area contributed by atoms with Crippen molar-refractivity contribution in [1.29, 1.82) is 0 Å². The Hall–Kier alpha value is -1.30. The van der Waals surface area contributed by atoms with Crippen molar-refractivity contribution in [3.8, 4) is 0 Å². The highest BCUT2D eigenvalue weighted by molar-refractivity contribution is 5.76. The summed E-state index contributed by atoms with van der Waals surface area (Å²) in [4.78, 5) is 21.3. The molecule has 0 aliphatic rings. The lowest BCUT2D eigenvalue weighted by molar-refractivity contribution is -0.146. The number of nitrogens with one attached hydrogen (secondary N) is 2. The number of amides is 2. The van der Waals surface area contributed by atoms with Crippen molar-refractivity contribution in [2.45, 2.75) is 32.8 Å².